The number of amides is 1. The predicted octanol–water partition coefficient (Wildman–Crippen LogP) is -1.09. The lowest BCUT2D eigenvalue weighted by Gasteiger charge is -2.24. The van der Waals surface area contributed by atoms with Crippen LogP contribution in [0.4, 0.5) is 0 Å². The number of nitrogens with one attached hydrogen (secondary N) is 1. The normalized spacial score (nSPS) is 26.0. The van der Waals surface area contributed by atoms with Gasteiger partial charge in [-0.15, -0.1) is 0 Å². The van der Waals surface area contributed by atoms with Crippen LogP contribution in [0.15, 0.2) is 0 Å². The lowest BCUT2D eigenvalue weighted by atomic mass is 10.1. The minimum Gasteiger partial charge on any atom is -0.479 e. The van der Waals surface area contributed by atoms with Gasteiger partial charge in [-0.3, -0.25) is 4.79 Å². The highest BCUT2D eigenvalue weighted by molar-refractivity contribution is 7.92. The molecule has 1 rings (SSSR count). The van der Waals surface area contributed by atoms with Crippen LogP contribution >= 0.6 is 0 Å². The summed E-state index contributed by atoms with van der Waals surface area (Å²) in [6.45, 7) is 0.512. The van der Waals surface area contributed by atoms with Gasteiger partial charge in [0.05, 0.1) is 12.3 Å². The van der Waals surface area contributed by atoms with Crippen molar-refractivity contribution in [1.82, 2.24) is 5.32 Å². The van der Waals surface area contributed by atoms with Gasteiger partial charge >= 0.3 is 5.97 Å². The molecule has 1 aliphatic heterocycles. The van der Waals surface area contributed by atoms with Gasteiger partial charge in [0.1, 0.15) is 5.25 Å². The van der Waals surface area contributed by atoms with Gasteiger partial charge in [-0.05, 0) is 19.8 Å². The van der Waals surface area contributed by atoms with E-state index in [1.165, 1.54) is 0 Å². The van der Waals surface area contributed by atoms with E-state index < -0.39 is 39.1 Å². The molecule has 0 aromatic heterocycles. The van der Waals surface area contributed by atoms with Gasteiger partial charge in [0.15, 0.2) is 15.4 Å². The van der Waals surface area contributed by atoms with Gasteiger partial charge in [0.25, 0.3) is 0 Å². The molecule has 1 amide bonds. The van der Waals surface area contributed by atoms with Gasteiger partial charge in [0, 0.05) is 0 Å². The first-order valence-corrected chi connectivity index (χ1v) is 7.33. The van der Waals surface area contributed by atoms with Gasteiger partial charge in [-0.25, -0.2) is 13.2 Å². The predicted molar refractivity (Wildman–Crippen MR) is 62.7 cm³/mol. The highest BCUT2D eigenvalue weighted by Crippen LogP contribution is 2.19. The summed E-state index contributed by atoms with van der Waals surface area (Å²) >= 11 is 0. The van der Waals surface area contributed by atoms with Crippen LogP contribution in [0.25, 0.3) is 0 Å². The van der Waals surface area contributed by atoms with E-state index in [-0.39, 0.29) is 12.2 Å². The topological polar surface area (TPSA) is 121 Å². The molecule has 1 fully saturated rings. The van der Waals surface area contributed by atoms with Crippen LogP contribution in [0.2, 0.25) is 0 Å². The number of carboxylic acid groups (broad SMARTS) is 1. The Labute approximate surface area is 105 Å². The molecule has 0 spiro atoms. The fraction of sp³-hybridized carbons (Fsp3) is 0.800. The molecule has 8 heteroatoms. The first kappa shape index (κ1) is 14.9. The molecule has 7 nitrogen and oxygen atoms in total. The number of carbonyl (C=O) groups excluding carboxylic acids is 1. The summed E-state index contributed by atoms with van der Waals surface area (Å²) < 4.78 is 23.3. The van der Waals surface area contributed by atoms with Gasteiger partial charge in [0.2, 0.25) is 5.91 Å². The number of carbonyl (C=O) groups is 2. The molecule has 1 aliphatic rings. The molecular formula is C10H17NO6S. The van der Waals surface area contributed by atoms with Crippen molar-refractivity contribution >= 4 is 21.7 Å². The van der Waals surface area contributed by atoms with Crippen molar-refractivity contribution < 1.29 is 28.2 Å². The number of hydrogen-bond donors (Lipinski definition) is 3. The Morgan fingerprint density at radius 2 is 2.00 bits per heavy atom. The molecular weight excluding hydrogens is 262 g/mol. The SMILES string of the molecule is CC(O)(CNC(=O)C1CCCCS1(=O)=O)C(=O)O. The standard InChI is InChI=1S/C10H17NO6S/c1-10(15,9(13)14)6-11-8(12)7-4-2-3-5-18(7,16)17/h7,15H,2-6H2,1H3,(H,11,12)(H,13,14). The average Bonchev–Trinajstić information content (AvgIpc) is 2.25. The highest BCUT2D eigenvalue weighted by atomic mass is 32.2. The second-order valence-corrected chi connectivity index (χ2v) is 6.95. The molecule has 1 saturated heterocycles. The monoisotopic (exact) mass is 279 g/mol. The van der Waals surface area contributed by atoms with E-state index in [9.17, 15) is 23.1 Å². The molecule has 0 aromatic rings. The second kappa shape index (κ2) is 5.23. The molecule has 0 saturated carbocycles. The number of aliphatic hydroxyl groups is 1. The van der Waals surface area contributed by atoms with Crippen molar-refractivity contribution in [2.75, 3.05) is 12.3 Å². The van der Waals surface area contributed by atoms with E-state index >= 15 is 0 Å². The van der Waals surface area contributed by atoms with Gasteiger partial charge in [-0.1, -0.05) is 6.42 Å². The number of aliphatic carboxylic acids is 1. The average molecular weight is 279 g/mol. The summed E-state index contributed by atoms with van der Waals surface area (Å²) in [6, 6.07) is 0. The second-order valence-electron chi connectivity index (χ2n) is 4.65. The molecule has 0 bridgehead atoms. The zero-order valence-electron chi connectivity index (χ0n) is 10.0. The molecule has 0 aromatic carbocycles. The Balaban J connectivity index is 2.64. The fourth-order valence-electron chi connectivity index (χ4n) is 1.70. The first-order chi connectivity index (χ1) is 8.17. The van der Waals surface area contributed by atoms with Crippen LogP contribution in [-0.2, 0) is 19.4 Å². The quantitative estimate of drug-likeness (QED) is 0.601. The zero-order valence-corrected chi connectivity index (χ0v) is 10.9. The van der Waals surface area contributed by atoms with Crippen molar-refractivity contribution in [2.24, 2.45) is 0 Å². The Hall–Kier alpha value is -1.15. The molecule has 1 heterocycles. The van der Waals surface area contributed by atoms with E-state index in [0.29, 0.717) is 12.8 Å². The highest BCUT2D eigenvalue weighted by Gasteiger charge is 2.37. The molecule has 18 heavy (non-hydrogen) atoms. The number of sulfone groups is 1. The maximum Gasteiger partial charge on any atom is 0.337 e. The minimum absolute atomic E-state index is 0.0274. The number of carboxylic acids is 1. The summed E-state index contributed by atoms with van der Waals surface area (Å²) in [5, 5.41) is 19.1. The summed E-state index contributed by atoms with van der Waals surface area (Å²) in [5.41, 5.74) is -2.10. The lowest BCUT2D eigenvalue weighted by Crippen LogP contribution is -2.50. The smallest absolute Gasteiger partial charge is 0.337 e. The summed E-state index contributed by atoms with van der Waals surface area (Å²) in [6.07, 6.45) is 1.43. The van der Waals surface area contributed by atoms with Crippen molar-refractivity contribution in [2.45, 2.75) is 37.0 Å². The summed E-state index contributed by atoms with van der Waals surface area (Å²) in [5.74, 6) is -2.24. The maximum absolute atomic E-state index is 11.7. The maximum atomic E-state index is 11.7. The van der Waals surface area contributed by atoms with Crippen LogP contribution in [-0.4, -0.2) is 53.7 Å². The first-order valence-electron chi connectivity index (χ1n) is 5.62. The van der Waals surface area contributed by atoms with Crippen LogP contribution in [0.3, 0.4) is 0 Å². The molecule has 2 atom stereocenters. The van der Waals surface area contributed by atoms with Crippen molar-refractivity contribution in [3.8, 4) is 0 Å². The molecule has 104 valence electrons. The van der Waals surface area contributed by atoms with E-state index in [1.54, 1.807) is 0 Å². The van der Waals surface area contributed by atoms with Crippen LogP contribution < -0.4 is 5.32 Å². The summed E-state index contributed by atoms with van der Waals surface area (Å²) in [4.78, 5) is 22.3. The Kier molecular flexibility index (Phi) is 4.33. The molecule has 2 unspecified atom stereocenters. The van der Waals surface area contributed by atoms with Crippen molar-refractivity contribution in [3.63, 3.8) is 0 Å². The Morgan fingerprint density at radius 3 is 2.50 bits per heavy atom. The zero-order chi connectivity index (χ0) is 14.0. The van der Waals surface area contributed by atoms with Crippen LogP contribution in [0, 0.1) is 0 Å². The lowest BCUT2D eigenvalue weighted by molar-refractivity contribution is -0.156. The van der Waals surface area contributed by atoms with Crippen molar-refractivity contribution in [3.05, 3.63) is 0 Å². The van der Waals surface area contributed by atoms with Gasteiger partial charge in [-0.2, -0.15) is 0 Å². The van der Waals surface area contributed by atoms with E-state index in [0.717, 1.165) is 6.92 Å². The van der Waals surface area contributed by atoms with Crippen LogP contribution in [0.5, 0.6) is 0 Å². The number of hydrogen-bond acceptors (Lipinski definition) is 5. The van der Waals surface area contributed by atoms with E-state index in [4.69, 9.17) is 5.11 Å². The third-order valence-electron chi connectivity index (χ3n) is 2.94. The third kappa shape index (κ3) is 3.42. The van der Waals surface area contributed by atoms with Crippen molar-refractivity contribution in [1.29, 1.82) is 0 Å². The molecule has 0 radical (unpaired) electrons. The Bertz CT molecular complexity index is 441. The summed E-state index contributed by atoms with van der Waals surface area (Å²) in [7, 11) is -3.45. The largest absolute Gasteiger partial charge is 0.479 e. The van der Waals surface area contributed by atoms with E-state index in [1.807, 2.05) is 0 Å². The minimum atomic E-state index is -3.45. The van der Waals surface area contributed by atoms with E-state index in [2.05, 4.69) is 5.32 Å². The Morgan fingerprint density at radius 1 is 1.39 bits per heavy atom. The van der Waals surface area contributed by atoms with Crippen LogP contribution in [0.1, 0.15) is 26.2 Å². The molecule has 0 aliphatic carbocycles. The molecule has 3 N–H and O–H groups in total. The number of rotatable bonds is 4. The third-order valence-corrected chi connectivity index (χ3v) is 5.11. The van der Waals surface area contributed by atoms with Gasteiger partial charge < -0.3 is 15.5 Å². The fourth-order valence-corrected chi connectivity index (χ4v) is 3.52.